The van der Waals surface area contributed by atoms with Crippen LogP contribution in [0.2, 0.25) is 0 Å². The smallest absolute Gasteiger partial charge is 0.254 e. The first-order chi connectivity index (χ1) is 11.4. The molecule has 0 aliphatic carbocycles. The van der Waals surface area contributed by atoms with Gasteiger partial charge in [0.1, 0.15) is 0 Å². The first-order valence-corrected chi connectivity index (χ1v) is 9.91. The van der Waals surface area contributed by atoms with E-state index < -0.39 is 10.0 Å². The Balaban J connectivity index is 0.00000312. The van der Waals surface area contributed by atoms with Crippen molar-refractivity contribution in [2.24, 2.45) is 5.92 Å². The highest BCUT2D eigenvalue weighted by Gasteiger charge is 2.26. The molecule has 6 nitrogen and oxygen atoms in total. The van der Waals surface area contributed by atoms with Gasteiger partial charge in [0.2, 0.25) is 10.0 Å². The van der Waals surface area contributed by atoms with E-state index in [-0.39, 0.29) is 23.2 Å². The van der Waals surface area contributed by atoms with E-state index in [1.54, 1.807) is 19.1 Å². The molecule has 1 aromatic rings. The number of hydrogen-bond acceptors (Lipinski definition) is 4. The van der Waals surface area contributed by atoms with E-state index in [1.807, 2.05) is 18.9 Å². The Kier molecular flexibility index (Phi) is 8.34. The number of nitrogens with zero attached hydrogens (tertiary/aromatic N) is 1. The van der Waals surface area contributed by atoms with E-state index >= 15 is 0 Å². The predicted molar refractivity (Wildman–Crippen MR) is 102 cm³/mol. The van der Waals surface area contributed by atoms with Crippen LogP contribution >= 0.6 is 12.4 Å². The Labute approximate surface area is 156 Å². The van der Waals surface area contributed by atoms with E-state index in [9.17, 15) is 13.2 Å². The van der Waals surface area contributed by atoms with Crippen LogP contribution in [-0.2, 0) is 10.0 Å². The number of amides is 1. The van der Waals surface area contributed by atoms with Crippen LogP contribution in [0.3, 0.4) is 0 Å². The molecule has 2 rings (SSSR count). The molecule has 8 heteroatoms. The molecule has 0 spiro atoms. The molecule has 0 aromatic heterocycles. The monoisotopic (exact) mass is 389 g/mol. The van der Waals surface area contributed by atoms with E-state index in [4.69, 9.17) is 0 Å². The van der Waals surface area contributed by atoms with Gasteiger partial charge in [-0.1, -0.05) is 13.0 Å². The number of halogens is 1. The minimum atomic E-state index is -3.56. The van der Waals surface area contributed by atoms with Gasteiger partial charge in [-0.2, -0.15) is 0 Å². The summed E-state index contributed by atoms with van der Waals surface area (Å²) < 4.78 is 26.8. The van der Waals surface area contributed by atoms with Crippen LogP contribution in [0.15, 0.2) is 23.1 Å². The van der Waals surface area contributed by atoms with Crippen molar-refractivity contribution in [2.75, 3.05) is 33.2 Å². The van der Waals surface area contributed by atoms with Crippen LogP contribution in [0.1, 0.15) is 35.7 Å². The maximum atomic E-state index is 12.9. The normalized spacial score (nSPS) is 17.9. The summed E-state index contributed by atoms with van der Waals surface area (Å²) in [6.07, 6.45) is 2.09. The molecule has 2 N–H and O–H groups in total. The molecule has 25 heavy (non-hydrogen) atoms. The van der Waals surface area contributed by atoms with Crippen molar-refractivity contribution in [1.82, 2.24) is 14.9 Å². The fourth-order valence-electron chi connectivity index (χ4n) is 3.15. The third kappa shape index (κ3) is 5.41. The molecule has 1 aliphatic rings. The SMILES string of the molecule is CCNS(=O)(=O)c1ccc(C)c(C(=O)N2CCCC(CNC)C2)c1.Cl. The Bertz CT molecular complexity index is 692. The number of carbonyl (C=O) groups excluding carboxylic acids is 1. The average Bonchev–Trinajstić information content (AvgIpc) is 2.55. The predicted octanol–water partition coefficient (Wildman–Crippen LogP) is 1.79. The van der Waals surface area contributed by atoms with Crippen molar-refractivity contribution in [3.63, 3.8) is 0 Å². The van der Waals surface area contributed by atoms with Gasteiger partial charge in [0.05, 0.1) is 4.90 Å². The lowest BCUT2D eigenvalue weighted by molar-refractivity contribution is 0.0673. The maximum absolute atomic E-state index is 12.9. The van der Waals surface area contributed by atoms with Crippen molar-refractivity contribution in [3.8, 4) is 0 Å². The van der Waals surface area contributed by atoms with Gasteiger partial charge < -0.3 is 10.2 Å². The Hall–Kier alpha value is -1.15. The molecule has 0 radical (unpaired) electrons. The molecule has 0 saturated carbocycles. The standard InChI is InChI=1S/C17H27N3O3S.ClH/c1-4-19-24(22,23)15-8-7-13(2)16(10-15)17(21)20-9-5-6-14(12-20)11-18-3;/h7-8,10,14,18-19H,4-6,9,11-12H2,1-3H3;1H. The van der Waals surface area contributed by atoms with Crippen LogP contribution in [0.5, 0.6) is 0 Å². The largest absolute Gasteiger partial charge is 0.338 e. The molecule has 1 atom stereocenters. The number of carbonyl (C=O) groups is 1. The second kappa shape index (κ2) is 9.52. The van der Waals surface area contributed by atoms with Crippen molar-refractivity contribution < 1.29 is 13.2 Å². The fraction of sp³-hybridized carbons (Fsp3) is 0.588. The molecule has 1 aromatic carbocycles. The van der Waals surface area contributed by atoms with Gasteiger partial charge in [-0.15, -0.1) is 12.4 Å². The Morgan fingerprint density at radius 3 is 2.72 bits per heavy atom. The molecular formula is C17H28ClN3O3S. The number of hydrogen-bond donors (Lipinski definition) is 2. The highest BCUT2D eigenvalue weighted by molar-refractivity contribution is 7.89. The van der Waals surface area contributed by atoms with Crippen molar-refractivity contribution >= 4 is 28.3 Å². The molecule has 1 unspecified atom stereocenters. The van der Waals surface area contributed by atoms with Crippen LogP contribution in [0, 0.1) is 12.8 Å². The van der Waals surface area contributed by atoms with Gasteiger partial charge in [0.15, 0.2) is 0 Å². The number of sulfonamides is 1. The Morgan fingerprint density at radius 1 is 1.36 bits per heavy atom. The topological polar surface area (TPSA) is 78.5 Å². The van der Waals surface area contributed by atoms with E-state index in [0.717, 1.165) is 31.5 Å². The van der Waals surface area contributed by atoms with Gasteiger partial charge in [-0.3, -0.25) is 4.79 Å². The van der Waals surface area contributed by atoms with Crippen molar-refractivity contribution in [1.29, 1.82) is 0 Å². The summed E-state index contributed by atoms with van der Waals surface area (Å²) in [5.41, 5.74) is 1.27. The van der Waals surface area contributed by atoms with E-state index in [0.29, 0.717) is 24.6 Å². The van der Waals surface area contributed by atoms with Crippen LogP contribution in [-0.4, -0.2) is 52.5 Å². The van der Waals surface area contributed by atoms with Gasteiger partial charge in [0.25, 0.3) is 5.91 Å². The molecule has 1 fully saturated rings. The molecular weight excluding hydrogens is 362 g/mol. The lowest BCUT2D eigenvalue weighted by atomic mass is 9.97. The lowest BCUT2D eigenvalue weighted by Crippen LogP contribution is -2.42. The first kappa shape index (κ1) is 21.9. The fourth-order valence-corrected chi connectivity index (χ4v) is 4.21. The summed E-state index contributed by atoms with van der Waals surface area (Å²) in [5, 5.41) is 3.17. The van der Waals surface area contributed by atoms with Crippen LogP contribution in [0.25, 0.3) is 0 Å². The lowest BCUT2D eigenvalue weighted by Gasteiger charge is -2.33. The molecule has 1 saturated heterocycles. The maximum Gasteiger partial charge on any atom is 0.254 e. The summed E-state index contributed by atoms with van der Waals surface area (Å²) in [6, 6.07) is 4.74. The number of nitrogens with one attached hydrogen (secondary N) is 2. The highest BCUT2D eigenvalue weighted by Crippen LogP contribution is 2.21. The highest BCUT2D eigenvalue weighted by atomic mass is 35.5. The van der Waals surface area contributed by atoms with Crippen molar-refractivity contribution in [2.45, 2.75) is 31.6 Å². The van der Waals surface area contributed by atoms with Gasteiger partial charge in [0, 0.05) is 25.2 Å². The molecule has 1 amide bonds. The molecule has 1 aliphatic heterocycles. The second-order valence-corrected chi connectivity index (χ2v) is 8.06. The minimum Gasteiger partial charge on any atom is -0.338 e. The van der Waals surface area contributed by atoms with Crippen LogP contribution in [0.4, 0.5) is 0 Å². The van der Waals surface area contributed by atoms with Crippen molar-refractivity contribution in [3.05, 3.63) is 29.3 Å². The number of likely N-dealkylation sites (tertiary alicyclic amines) is 1. The number of aryl methyl sites for hydroxylation is 1. The zero-order valence-corrected chi connectivity index (χ0v) is 16.7. The zero-order valence-electron chi connectivity index (χ0n) is 15.0. The third-order valence-corrected chi connectivity index (χ3v) is 5.93. The zero-order chi connectivity index (χ0) is 17.7. The Morgan fingerprint density at radius 2 is 2.08 bits per heavy atom. The first-order valence-electron chi connectivity index (χ1n) is 8.43. The molecule has 0 bridgehead atoms. The second-order valence-electron chi connectivity index (χ2n) is 6.30. The number of rotatable bonds is 6. The molecule has 1 heterocycles. The minimum absolute atomic E-state index is 0. The number of piperidine rings is 1. The summed E-state index contributed by atoms with van der Waals surface area (Å²) in [7, 11) is -1.65. The average molecular weight is 390 g/mol. The third-order valence-electron chi connectivity index (χ3n) is 4.38. The van der Waals surface area contributed by atoms with Gasteiger partial charge in [-0.25, -0.2) is 13.1 Å². The van der Waals surface area contributed by atoms with Gasteiger partial charge in [-0.05, 0) is 57.0 Å². The summed E-state index contributed by atoms with van der Waals surface area (Å²) in [4.78, 5) is 14.9. The van der Waals surface area contributed by atoms with Gasteiger partial charge >= 0.3 is 0 Å². The quantitative estimate of drug-likeness (QED) is 0.777. The van der Waals surface area contributed by atoms with E-state index in [1.165, 1.54) is 6.07 Å². The molecule has 142 valence electrons. The van der Waals surface area contributed by atoms with E-state index in [2.05, 4.69) is 10.0 Å². The summed E-state index contributed by atoms with van der Waals surface area (Å²) in [6.45, 7) is 6.21. The summed E-state index contributed by atoms with van der Waals surface area (Å²) >= 11 is 0. The van der Waals surface area contributed by atoms with Crippen LogP contribution < -0.4 is 10.0 Å². The number of benzene rings is 1. The summed E-state index contributed by atoms with van der Waals surface area (Å²) in [5.74, 6) is 0.364.